The van der Waals surface area contributed by atoms with Crippen LogP contribution in [0.25, 0.3) is 11.3 Å². The zero-order chi connectivity index (χ0) is 34.1. The molecule has 0 amide bonds. The highest BCUT2D eigenvalue weighted by molar-refractivity contribution is 5.99. The number of rotatable bonds is 11. The Labute approximate surface area is 273 Å². The van der Waals surface area contributed by atoms with Gasteiger partial charge in [-0.1, -0.05) is 27.7 Å². The second kappa shape index (κ2) is 16.4. The van der Waals surface area contributed by atoms with Crippen LogP contribution >= 0.6 is 0 Å². The summed E-state index contributed by atoms with van der Waals surface area (Å²) in [5.74, 6) is -3.50. The molecule has 1 N–H and O–H groups in total. The van der Waals surface area contributed by atoms with Crippen molar-refractivity contribution >= 4 is 24.0 Å². The lowest BCUT2D eigenvalue weighted by molar-refractivity contribution is -0.187. The molecule has 2 aromatic rings. The first-order valence-corrected chi connectivity index (χ1v) is 16.4. The van der Waals surface area contributed by atoms with Crippen LogP contribution in [0.5, 0.6) is 0 Å². The Hall–Kier alpha value is -3.44. The van der Waals surface area contributed by atoms with E-state index in [0.717, 1.165) is 30.6 Å². The number of aryl methyl sites for hydroxylation is 1. The number of hydrogen-bond acceptors (Lipinski definition) is 10. The van der Waals surface area contributed by atoms with Crippen molar-refractivity contribution in [1.82, 2.24) is 19.9 Å². The highest BCUT2D eigenvalue weighted by atomic mass is 16.6. The zero-order valence-electron chi connectivity index (χ0n) is 28.7. The van der Waals surface area contributed by atoms with Crippen molar-refractivity contribution < 1.29 is 33.4 Å². The number of carbonyl (C=O) groups excluding carboxylic acids is 4. The largest absolute Gasteiger partial charge is 0.458 e. The van der Waals surface area contributed by atoms with Gasteiger partial charge < -0.3 is 24.1 Å². The van der Waals surface area contributed by atoms with Crippen molar-refractivity contribution in [1.29, 1.82) is 0 Å². The number of imidazole rings is 1. The van der Waals surface area contributed by atoms with Gasteiger partial charge in [-0.3, -0.25) is 24.2 Å². The summed E-state index contributed by atoms with van der Waals surface area (Å²) in [6.07, 6.45) is 9.02. The van der Waals surface area contributed by atoms with Crippen molar-refractivity contribution in [3.8, 4) is 11.3 Å². The fourth-order valence-corrected chi connectivity index (χ4v) is 6.90. The minimum absolute atomic E-state index is 0.0339. The van der Waals surface area contributed by atoms with Gasteiger partial charge in [-0.25, -0.2) is 4.98 Å². The maximum Gasteiger partial charge on any atom is 0.316 e. The predicted octanol–water partition coefficient (Wildman–Crippen LogP) is 4.82. The Bertz CT molecular complexity index is 1320. The number of nitrogens with one attached hydrogen (secondary N) is 1. The normalized spacial score (nSPS) is 31.6. The average molecular weight is 641 g/mol. The van der Waals surface area contributed by atoms with Crippen LogP contribution in [-0.2, 0) is 39.9 Å². The molecule has 0 radical (unpaired) electrons. The lowest BCUT2D eigenvalue weighted by atomic mass is 9.74. The van der Waals surface area contributed by atoms with Crippen LogP contribution in [0.1, 0.15) is 80.6 Å². The van der Waals surface area contributed by atoms with E-state index in [4.69, 9.17) is 14.2 Å². The molecule has 11 heteroatoms. The van der Waals surface area contributed by atoms with Gasteiger partial charge in [0.15, 0.2) is 5.60 Å². The Morgan fingerprint density at radius 2 is 1.78 bits per heavy atom. The molecule has 1 fully saturated rings. The Kier molecular flexibility index (Phi) is 13.2. The van der Waals surface area contributed by atoms with E-state index in [1.807, 2.05) is 50.6 Å². The molecular formula is C35H52N4O7. The summed E-state index contributed by atoms with van der Waals surface area (Å²) in [5.41, 5.74) is -0.361. The van der Waals surface area contributed by atoms with E-state index in [1.54, 1.807) is 46.6 Å². The zero-order valence-corrected chi connectivity index (χ0v) is 28.7. The number of pyridine rings is 1. The molecule has 8 atom stereocenters. The minimum atomic E-state index is -1.40. The summed E-state index contributed by atoms with van der Waals surface area (Å²) in [6.45, 7) is 14.0. The van der Waals surface area contributed by atoms with Crippen LogP contribution in [0.15, 0.2) is 37.1 Å². The first-order chi connectivity index (χ1) is 21.8. The van der Waals surface area contributed by atoms with Crippen molar-refractivity contribution in [2.45, 2.75) is 110 Å². The molecule has 254 valence electrons. The average Bonchev–Trinajstić information content (AvgIpc) is 3.52. The molecule has 46 heavy (non-hydrogen) atoms. The molecule has 3 rings (SSSR count). The van der Waals surface area contributed by atoms with Gasteiger partial charge in [0.25, 0.3) is 6.47 Å². The summed E-state index contributed by atoms with van der Waals surface area (Å²) in [5, 5.41) is 3.51. The van der Waals surface area contributed by atoms with Gasteiger partial charge in [0.1, 0.15) is 23.6 Å². The van der Waals surface area contributed by atoms with E-state index >= 15 is 0 Å². The summed E-state index contributed by atoms with van der Waals surface area (Å²) in [4.78, 5) is 61.3. The maximum absolute atomic E-state index is 14.0. The van der Waals surface area contributed by atoms with Crippen LogP contribution in [0, 0.1) is 23.7 Å². The lowest BCUT2D eigenvalue weighted by Crippen LogP contribution is -2.63. The molecule has 0 bridgehead atoms. The number of carbonyl (C=O) groups is 4. The molecule has 3 heterocycles. The first-order valence-electron chi connectivity index (χ1n) is 16.4. The molecule has 0 spiro atoms. The number of methoxy groups -OCH3 is 1. The Morgan fingerprint density at radius 1 is 1.09 bits per heavy atom. The van der Waals surface area contributed by atoms with E-state index in [2.05, 4.69) is 15.3 Å². The number of cyclic esters (lactones) is 1. The van der Waals surface area contributed by atoms with E-state index < -0.39 is 53.0 Å². The molecule has 1 aliphatic rings. The number of nitrogens with zero attached hydrogens (tertiary/aromatic N) is 3. The van der Waals surface area contributed by atoms with Crippen LogP contribution in [0.4, 0.5) is 0 Å². The number of esters is 1. The topological polar surface area (TPSA) is 139 Å². The van der Waals surface area contributed by atoms with Gasteiger partial charge in [0, 0.05) is 55.6 Å². The van der Waals surface area contributed by atoms with E-state index in [0.29, 0.717) is 32.3 Å². The van der Waals surface area contributed by atoms with Gasteiger partial charge in [-0.2, -0.15) is 0 Å². The smallest absolute Gasteiger partial charge is 0.316 e. The Morgan fingerprint density at radius 3 is 2.39 bits per heavy atom. The number of Topliss-reactive ketones (excluding diaryl/α,β-unsaturated/α-hetero) is 2. The number of aromatic nitrogens is 3. The standard InChI is InChI=1S/C35H52N4O7/c1-9-29-35(7,45-22-40)32(37-15-10-11-16-39-20-28(38-21-39)27-13-12-14-36-19-27)25(4)30(41)23(2)17-34(6,44-8)18-24(3)31(42)26(5)33(43)46-29/h12-14,19-26,29,32,37H,9-11,15-18H2,1-8H3/t23-,24-,25+,26-,29-,32-,34-,35-/m1/s1. The van der Waals surface area contributed by atoms with Crippen molar-refractivity contribution in [2.75, 3.05) is 13.7 Å². The number of ketones is 2. The number of ether oxygens (including phenoxy) is 3. The van der Waals surface area contributed by atoms with Crippen LogP contribution < -0.4 is 5.32 Å². The van der Waals surface area contributed by atoms with E-state index in [-0.39, 0.29) is 11.6 Å². The summed E-state index contributed by atoms with van der Waals surface area (Å²) in [7, 11) is 1.58. The third-order valence-corrected chi connectivity index (χ3v) is 9.66. The van der Waals surface area contributed by atoms with E-state index in [1.165, 1.54) is 0 Å². The molecule has 0 aliphatic carbocycles. The molecule has 1 saturated heterocycles. The first kappa shape index (κ1) is 37.0. The van der Waals surface area contributed by atoms with Crippen molar-refractivity contribution in [3.05, 3.63) is 37.1 Å². The highest BCUT2D eigenvalue weighted by Crippen LogP contribution is 2.36. The fourth-order valence-electron chi connectivity index (χ4n) is 6.90. The molecule has 0 aromatic carbocycles. The van der Waals surface area contributed by atoms with Gasteiger partial charge in [0.2, 0.25) is 0 Å². The minimum Gasteiger partial charge on any atom is -0.458 e. The van der Waals surface area contributed by atoms with Crippen LogP contribution in [0.3, 0.4) is 0 Å². The summed E-state index contributed by atoms with van der Waals surface area (Å²) in [6, 6.07) is 3.16. The van der Waals surface area contributed by atoms with Gasteiger partial charge in [0.05, 0.1) is 23.7 Å². The number of unbranched alkanes of at least 4 members (excludes halogenated alkanes) is 1. The fraction of sp³-hybridized carbons (Fsp3) is 0.657. The van der Waals surface area contributed by atoms with Gasteiger partial charge >= 0.3 is 5.97 Å². The Balaban J connectivity index is 1.85. The molecule has 1 aliphatic heterocycles. The van der Waals surface area contributed by atoms with Crippen molar-refractivity contribution in [3.63, 3.8) is 0 Å². The summed E-state index contributed by atoms with van der Waals surface area (Å²) >= 11 is 0. The predicted molar refractivity (Wildman–Crippen MR) is 174 cm³/mol. The van der Waals surface area contributed by atoms with Crippen LogP contribution in [-0.4, -0.2) is 75.5 Å². The molecular weight excluding hydrogens is 588 g/mol. The third kappa shape index (κ3) is 8.88. The van der Waals surface area contributed by atoms with Gasteiger partial charge in [-0.05, 0) is 71.6 Å². The molecule has 0 saturated carbocycles. The lowest BCUT2D eigenvalue weighted by Gasteiger charge is -2.44. The monoisotopic (exact) mass is 640 g/mol. The second-order valence-corrected chi connectivity index (χ2v) is 13.3. The number of hydrogen-bond donors (Lipinski definition) is 1. The van der Waals surface area contributed by atoms with Gasteiger partial charge in [-0.15, -0.1) is 0 Å². The molecule has 11 nitrogen and oxygen atoms in total. The van der Waals surface area contributed by atoms with Crippen LogP contribution in [0.2, 0.25) is 0 Å². The van der Waals surface area contributed by atoms with Crippen molar-refractivity contribution in [2.24, 2.45) is 23.7 Å². The maximum atomic E-state index is 14.0. The summed E-state index contributed by atoms with van der Waals surface area (Å²) < 4.78 is 19.6. The SMILES string of the molecule is CC[C@H]1OC(=O)[C@H](C)C(=O)[C@H](C)C[C@](C)(OC)C[C@@H](C)C(=O)[C@H](C)[C@@H](NCCCCn2cnc(-c3cccnc3)c2)[C@]1(C)OC=O. The molecule has 0 unspecified atom stereocenters. The third-order valence-electron chi connectivity index (χ3n) is 9.66. The van der Waals surface area contributed by atoms with E-state index in [9.17, 15) is 19.2 Å². The highest BCUT2D eigenvalue weighted by Gasteiger charge is 2.50. The molecule has 2 aromatic heterocycles. The second-order valence-electron chi connectivity index (χ2n) is 13.3. The quantitative estimate of drug-likeness (QED) is 0.157.